The molecule has 0 saturated carbocycles. The second kappa shape index (κ2) is 8.99. The Labute approximate surface area is 172 Å². The number of aromatic nitrogens is 4. The summed E-state index contributed by atoms with van der Waals surface area (Å²) in [6.07, 6.45) is 0.663. The molecule has 8 nitrogen and oxygen atoms in total. The highest BCUT2D eigenvalue weighted by Gasteiger charge is 2.35. The fourth-order valence-corrected chi connectivity index (χ4v) is 3.67. The van der Waals surface area contributed by atoms with Gasteiger partial charge in [-0.3, -0.25) is 4.68 Å². The summed E-state index contributed by atoms with van der Waals surface area (Å²) in [6.45, 7) is 6.35. The molecule has 2 aromatic heterocycles. The molecule has 1 aliphatic rings. The minimum atomic E-state index is -4.53. The van der Waals surface area contributed by atoms with Crippen LogP contribution in [0.3, 0.4) is 0 Å². The maximum absolute atomic E-state index is 13.0. The molecule has 3 heterocycles. The lowest BCUT2D eigenvalue weighted by atomic mass is 10.0. The first-order valence-corrected chi connectivity index (χ1v) is 9.83. The van der Waals surface area contributed by atoms with Gasteiger partial charge in [0, 0.05) is 38.8 Å². The molecule has 30 heavy (non-hydrogen) atoms. The smallest absolute Gasteiger partial charge is 0.372 e. The van der Waals surface area contributed by atoms with Crippen LogP contribution in [-0.4, -0.2) is 57.6 Å². The third-order valence-corrected chi connectivity index (χ3v) is 5.30. The fourth-order valence-electron chi connectivity index (χ4n) is 3.67. The summed E-state index contributed by atoms with van der Waals surface area (Å²) in [7, 11) is 1.38. The lowest BCUT2D eigenvalue weighted by molar-refractivity contribution is -0.137. The van der Waals surface area contributed by atoms with Gasteiger partial charge in [0.1, 0.15) is 17.7 Å². The van der Waals surface area contributed by atoms with Crippen molar-refractivity contribution in [2.45, 2.75) is 38.9 Å². The fraction of sp³-hybridized carbons (Fsp3) is 0.579. The van der Waals surface area contributed by atoms with E-state index in [1.807, 2.05) is 18.5 Å². The van der Waals surface area contributed by atoms with Crippen LogP contribution in [0.4, 0.5) is 30.6 Å². The van der Waals surface area contributed by atoms with Gasteiger partial charge in [0.05, 0.1) is 23.6 Å². The number of carbonyl (C=O) groups is 1. The molecule has 0 spiro atoms. The quantitative estimate of drug-likeness (QED) is 0.659. The first-order valence-electron chi connectivity index (χ1n) is 9.83. The zero-order chi connectivity index (χ0) is 21.9. The molecule has 3 rings (SSSR count). The van der Waals surface area contributed by atoms with E-state index in [1.54, 1.807) is 6.20 Å². The number of halogens is 3. The van der Waals surface area contributed by atoms with Gasteiger partial charge in [-0.2, -0.15) is 23.3 Å². The van der Waals surface area contributed by atoms with Gasteiger partial charge in [0.15, 0.2) is 0 Å². The molecule has 1 saturated heterocycles. The first kappa shape index (κ1) is 22.0. The van der Waals surface area contributed by atoms with Crippen LogP contribution in [0.2, 0.25) is 0 Å². The van der Waals surface area contributed by atoms with Crippen molar-refractivity contribution >= 4 is 23.7 Å². The van der Waals surface area contributed by atoms with Crippen LogP contribution in [-0.2, 0) is 11.0 Å². The number of hydrogen-bond acceptors (Lipinski definition) is 7. The second-order valence-corrected chi connectivity index (χ2v) is 7.56. The largest absolute Gasteiger partial charge is 0.421 e. The van der Waals surface area contributed by atoms with E-state index in [0.29, 0.717) is 5.69 Å². The Hall–Kier alpha value is -2.69. The Morgan fingerprint density at radius 3 is 2.60 bits per heavy atom. The van der Waals surface area contributed by atoms with Crippen LogP contribution < -0.4 is 10.6 Å². The van der Waals surface area contributed by atoms with E-state index in [4.69, 9.17) is 0 Å². The van der Waals surface area contributed by atoms with Crippen LogP contribution >= 0.6 is 0 Å². The average molecular weight is 425 g/mol. The number of nitrogens with zero attached hydrogens (tertiary/aromatic N) is 5. The number of piperidine rings is 1. The van der Waals surface area contributed by atoms with Crippen LogP contribution in [0.25, 0.3) is 0 Å². The standard InChI is InChI=1S/C19H26F3N7O/c1-12(11-30)10-28-6-4-14(5-7-28)29-13(2)16(9-25-29)26-18-24-8-15(19(20,21)22)17(23-3)27-18/h8-9,11-12,14H,4-7,10H2,1-3H3,(H2,23,24,26,27). The predicted molar refractivity (Wildman–Crippen MR) is 107 cm³/mol. The molecular formula is C19H26F3N7O. The van der Waals surface area contributed by atoms with Gasteiger partial charge in [-0.25, -0.2) is 4.98 Å². The minimum Gasteiger partial charge on any atom is -0.372 e. The van der Waals surface area contributed by atoms with Gasteiger partial charge in [-0.05, 0) is 19.8 Å². The number of anilines is 3. The van der Waals surface area contributed by atoms with Gasteiger partial charge in [0.2, 0.25) is 5.95 Å². The van der Waals surface area contributed by atoms with Crippen molar-refractivity contribution in [1.29, 1.82) is 0 Å². The van der Waals surface area contributed by atoms with E-state index >= 15 is 0 Å². The van der Waals surface area contributed by atoms with Crippen molar-refractivity contribution in [1.82, 2.24) is 24.6 Å². The molecule has 164 valence electrons. The monoisotopic (exact) mass is 425 g/mol. The Morgan fingerprint density at radius 2 is 2.00 bits per heavy atom. The molecule has 1 fully saturated rings. The molecule has 0 bridgehead atoms. The van der Waals surface area contributed by atoms with E-state index in [-0.39, 0.29) is 23.7 Å². The number of alkyl halides is 3. The summed E-state index contributed by atoms with van der Waals surface area (Å²) < 4.78 is 41.0. The van der Waals surface area contributed by atoms with Crippen LogP contribution in [0.5, 0.6) is 0 Å². The van der Waals surface area contributed by atoms with E-state index < -0.39 is 11.7 Å². The lowest BCUT2D eigenvalue weighted by Gasteiger charge is -2.33. The Bertz CT molecular complexity index is 875. The Kier molecular flexibility index (Phi) is 6.59. The summed E-state index contributed by atoms with van der Waals surface area (Å²) in [6, 6.07) is 0.227. The van der Waals surface area contributed by atoms with E-state index in [1.165, 1.54) is 7.05 Å². The highest BCUT2D eigenvalue weighted by molar-refractivity contribution is 5.58. The third-order valence-electron chi connectivity index (χ3n) is 5.30. The summed E-state index contributed by atoms with van der Waals surface area (Å²) in [5.74, 6) is -0.204. The normalized spacial score (nSPS) is 17.0. The molecule has 0 aromatic carbocycles. The van der Waals surface area contributed by atoms with Crippen LogP contribution in [0.15, 0.2) is 12.4 Å². The topological polar surface area (TPSA) is 88.0 Å². The number of rotatable bonds is 7. The Morgan fingerprint density at radius 1 is 1.30 bits per heavy atom. The van der Waals surface area contributed by atoms with Gasteiger partial charge >= 0.3 is 6.18 Å². The second-order valence-electron chi connectivity index (χ2n) is 7.56. The van der Waals surface area contributed by atoms with Gasteiger partial charge < -0.3 is 20.3 Å². The maximum atomic E-state index is 13.0. The lowest BCUT2D eigenvalue weighted by Crippen LogP contribution is -2.38. The van der Waals surface area contributed by atoms with E-state index in [2.05, 4.69) is 30.6 Å². The van der Waals surface area contributed by atoms with Crippen molar-refractivity contribution in [2.75, 3.05) is 37.3 Å². The summed E-state index contributed by atoms with van der Waals surface area (Å²) in [5, 5.41) is 9.89. The Balaban J connectivity index is 1.69. The molecule has 0 radical (unpaired) electrons. The van der Waals surface area contributed by atoms with Gasteiger partial charge in [-0.15, -0.1) is 0 Å². The van der Waals surface area contributed by atoms with Crippen molar-refractivity contribution in [3.8, 4) is 0 Å². The number of hydrogen-bond donors (Lipinski definition) is 2. The van der Waals surface area contributed by atoms with Crippen LogP contribution in [0, 0.1) is 12.8 Å². The molecule has 1 atom stereocenters. The van der Waals surface area contributed by atoms with Crippen molar-refractivity contribution in [3.63, 3.8) is 0 Å². The molecule has 1 aliphatic heterocycles. The molecule has 2 N–H and O–H groups in total. The molecule has 11 heteroatoms. The summed E-state index contributed by atoms with van der Waals surface area (Å²) >= 11 is 0. The molecular weight excluding hydrogens is 399 g/mol. The molecule has 0 amide bonds. The number of likely N-dealkylation sites (tertiary alicyclic amines) is 1. The zero-order valence-corrected chi connectivity index (χ0v) is 17.2. The molecule has 0 aliphatic carbocycles. The number of nitrogens with one attached hydrogen (secondary N) is 2. The number of aldehydes is 1. The van der Waals surface area contributed by atoms with Crippen molar-refractivity contribution in [3.05, 3.63) is 23.7 Å². The van der Waals surface area contributed by atoms with E-state index in [0.717, 1.165) is 50.7 Å². The molecule has 1 unspecified atom stereocenters. The maximum Gasteiger partial charge on any atom is 0.421 e. The zero-order valence-electron chi connectivity index (χ0n) is 17.2. The molecule has 2 aromatic rings. The van der Waals surface area contributed by atoms with E-state index in [9.17, 15) is 18.0 Å². The summed E-state index contributed by atoms with van der Waals surface area (Å²) in [5.41, 5.74) is 0.594. The first-order chi connectivity index (χ1) is 14.2. The van der Waals surface area contributed by atoms with Crippen molar-refractivity contribution in [2.24, 2.45) is 5.92 Å². The van der Waals surface area contributed by atoms with Gasteiger partial charge in [-0.1, -0.05) is 6.92 Å². The number of carbonyl (C=O) groups excluding carboxylic acids is 1. The summed E-state index contributed by atoms with van der Waals surface area (Å²) in [4.78, 5) is 20.9. The third kappa shape index (κ3) is 4.89. The van der Waals surface area contributed by atoms with Crippen LogP contribution in [0.1, 0.15) is 37.1 Å². The minimum absolute atomic E-state index is 0.0232. The van der Waals surface area contributed by atoms with Crippen molar-refractivity contribution < 1.29 is 18.0 Å². The highest BCUT2D eigenvalue weighted by atomic mass is 19.4. The predicted octanol–water partition coefficient (Wildman–Crippen LogP) is 3.26. The SMILES string of the molecule is CNc1nc(Nc2cnn(C3CCN(CC(C)C=O)CC3)c2C)ncc1C(F)(F)F. The average Bonchev–Trinajstić information content (AvgIpc) is 3.07. The highest BCUT2D eigenvalue weighted by Crippen LogP contribution is 2.34. The van der Waals surface area contributed by atoms with Gasteiger partial charge in [0.25, 0.3) is 0 Å².